The largest absolute Gasteiger partial charge is 0.308 e. The van der Waals surface area contributed by atoms with Gasteiger partial charge < -0.3 is 5.43 Å². The van der Waals surface area contributed by atoms with Crippen LogP contribution in [0.5, 0.6) is 0 Å². The number of nitrogen functional groups attached to an aromatic ring is 1. The summed E-state index contributed by atoms with van der Waals surface area (Å²) < 4.78 is 0.982. The van der Waals surface area contributed by atoms with Gasteiger partial charge in [-0.25, -0.2) is 20.8 Å². The van der Waals surface area contributed by atoms with E-state index in [0.717, 1.165) is 20.6 Å². The highest BCUT2D eigenvalue weighted by molar-refractivity contribution is 8.01. The van der Waals surface area contributed by atoms with Crippen LogP contribution in [-0.2, 0) is 0 Å². The maximum atomic E-state index is 5.49. The number of aryl methyl sites for hydroxylation is 1. The molecule has 5 nitrogen and oxygen atoms in total. The summed E-state index contributed by atoms with van der Waals surface area (Å²) in [5, 5.41) is 2.93. The molecular weight excluding hydrogens is 266 g/mol. The van der Waals surface area contributed by atoms with E-state index in [1.54, 1.807) is 23.1 Å². The highest BCUT2D eigenvalue weighted by atomic mass is 32.2. The van der Waals surface area contributed by atoms with Gasteiger partial charge >= 0.3 is 0 Å². The lowest BCUT2D eigenvalue weighted by Crippen LogP contribution is -2.13. The Morgan fingerprint density at radius 1 is 1.39 bits per heavy atom. The first-order chi connectivity index (χ1) is 8.61. The molecule has 2 heterocycles. The van der Waals surface area contributed by atoms with E-state index in [2.05, 4.69) is 34.2 Å². The van der Waals surface area contributed by atoms with Crippen LogP contribution >= 0.6 is 23.1 Å². The van der Waals surface area contributed by atoms with E-state index in [0.29, 0.717) is 11.7 Å². The van der Waals surface area contributed by atoms with Crippen molar-refractivity contribution >= 4 is 28.9 Å². The molecule has 0 radical (unpaired) electrons. The molecule has 0 bridgehead atoms. The van der Waals surface area contributed by atoms with Gasteiger partial charge in [-0.1, -0.05) is 13.8 Å². The first-order valence-electron chi connectivity index (χ1n) is 5.53. The van der Waals surface area contributed by atoms with Gasteiger partial charge in [0.15, 0.2) is 4.34 Å². The van der Waals surface area contributed by atoms with Gasteiger partial charge in [-0.05, 0) is 24.6 Å². The predicted molar refractivity (Wildman–Crippen MR) is 74.9 cm³/mol. The summed E-state index contributed by atoms with van der Waals surface area (Å²) in [5.41, 5.74) is 4.68. The molecule has 2 aromatic rings. The fourth-order valence-electron chi connectivity index (χ4n) is 1.56. The normalized spacial score (nSPS) is 10.9. The smallest absolute Gasteiger partial charge is 0.156 e. The predicted octanol–water partition coefficient (Wildman–Crippen LogP) is 2.80. The molecule has 0 unspecified atom stereocenters. The summed E-state index contributed by atoms with van der Waals surface area (Å²) in [6.45, 7) is 6.17. The molecule has 0 saturated carbocycles. The van der Waals surface area contributed by atoms with Crippen molar-refractivity contribution in [2.45, 2.75) is 36.1 Å². The Hall–Kier alpha value is -1.18. The van der Waals surface area contributed by atoms with Crippen molar-refractivity contribution in [1.29, 1.82) is 0 Å². The van der Waals surface area contributed by atoms with Crippen LogP contribution in [-0.4, -0.2) is 15.0 Å². The number of aromatic nitrogens is 3. The number of nitrogens with one attached hydrogen (secondary N) is 1. The van der Waals surface area contributed by atoms with Crippen LogP contribution in [0.25, 0.3) is 0 Å². The van der Waals surface area contributed by atoms with Crippen LogP contribution < -0.4 is 11.3 Å². The third kappa shape index (κ3) is 2.80. The molecule has 0 saturated heterocycles. The monoisotopic (exact) mass is 281 g/mol. The van der Waals surface area contributed by atoms with Gasteiger partial charge in [-0.2, -0.15) is 0 Å². The van der Waals surface area contributed by atoms with E-state index in [1.165, 1.54) is 6.33 Å². The molecule has 0 atom stereocenters. The van der Waals surface area contributed by atoms with Gasteiger partial charge in [0.1, 0.15) is 17.2 Å². The van der Waals surface area contributed by atoms with Gasteiger partial charge in [0.05, 0.1) is 0 Å². The minimum Gasteiger partial charge on any atom is -0.308 e. The van der Waals surface area contributed by atoms with Crippen molar-refractivity contribution in [2.24, 2.45) is 5.84 Å². The van der Waals surface area contributed by atoms with Crippen molar-refractivity contribution in [1.82, 2.24) is 15.0 Å². The highest BCUT2D eigenvalue weighted by Crippen LogP contribution is 2.36. The first kappa shape index (κ1) is 13.3. The minimum absolute atomic E-state index is 0.292. The number of rotatable bonds is 4. The van der Waals surface area contributed by atoms with Crippen molar-refractivity contribution in [2.75, 3.05) is 5.43 Å². The number of hydrogen-bond acceptors (Lipinski definition) is 7. The molecule has 0 amide bonds. The zero-order valence-corrected chi connectivity index (χ0v) is 12.1. The molecule has 7 heteroatoms. The lowest BCUT2D eigenvalue weighted by atomic mass is 10.1. The zero-order valence-electron chi connectivity index (χ0n) is 10.5. The maximum absolute atomic E-state index is 5.49. The van der Waals surface area contributed by atoms with E-state index in [9.17, 15) is 0 Å². The van der Waals surface area contributed by atoms with Crippen LogP contribution in [0.1, 0.15) is 31.0 Å². The minimum atomic E-state index is 0.292. The third-order valence-corrected chi connectivity index (χ3v) is 4.42. The summed E-state index contributed by atoms with van der Waals surface area (Å²) in [7, 11) is 0. The molecule has 0 aliphatic carbocycles. The van der Waals surface area contributed by atoms with E-state index in [1.807, 2.05) is 12.3 Å². The number of hydrogen-bond donors (Lipinski definition) is 2. The number of anilines is 1. The van der Waals surface area contributed by atoms with Crippen LogP contribution in [0, 0.1) is 6.92 Å². The van der Waals surface area contributed by atoms with E-state index < -0.39 is 0 Å². The summed E-state index contributed by atoms with van der Waals surface area (Å²) in [6, 6.07) is 0. The van der Waals surface area contributed by atoms with Crippen molar-refractivity contribution in [3.63, 3.8) is 0 Å². The van der Waals surface area contributed by atoms with E-state index >= 15 is 0 Å². The Labute approximate surface area is 114 Å². The Morgan fingerprint density at radius 3 is 2.72 bits per heavy atom. The average molecular weight is 281 g/mol. The summed E-state index contributed by atoms with van der Waals surface area (Å²) >= 11 is 3.17. The second kappa shape index (κ2) is 5.64. The van der Waals surface area contributed by atoms with Crippen LogP contribution in [0.15, 0.2) is 21.1 Å². The quantitative estimate of drug-likeness (QED) is 0.510. The molecule has 0 aliphatic rings. The number of nitrogens with zero attached hydrogens (tertiary/aromatic N) is 3. The molecule has 0 aromatic carbocycles. The van der Waals surface area contributed by atoms with E-state index in [-0.39, 0.29) is 0 Å². The molecule has 0 fully saturated rings. The van der Waals surface area contributed by atoms with Gasteiger partial charge in [0.2, 0.25) is 0 Å². The second-order valence-electron chi connectivity index (χ2n) is 4.10. The lowest BCUT2D eigenvalue weighted by molar-refractivity contribution is 0.804. The standard InChI is InChI=1S/C11H15N5S2/c1-6(2)8-9(16-12)13-5-14-10(8)18-11-15-7(3)4-17-11/h4-6H,12H2,1-3H3,(H,13,14,16). The molecule has 2 aromatic heterocycles. The third-order valence-electron chi connectivity index (χ3n) is 2.34. The van der Waals surface area contributed by atoms with Gasteiger partial charge in [-0.15, -0.1) is 11.3 Å². The van der Waals surface area contributed by atoms with Crippen molar-refractivity contribution in [3.05, 3.63) is 23.0 Å². The summed E-state index contributed by atoms with van der Waals surface area (Å²) in [4.78, 5) is 12.9. The molecule has 2 rings (SSSR count). The van der Waals surface area contributed by atoms with Crippen LogP contribution in [0.4, 0.5) is 5.82 Å². The molecule has 3 N–H and O–H groups in total. The van der Waals surface area contributed by atoms with Crippen molar-refractivity contribution < 1.29 is 0 Å². The summed E-state index contributed by atoms with van der Waals surface area (Å²) in [6.07, 6.45) is 1.52. The number of nitrogens with two attached hydrogens (primary N) is 1. The number of hydrazine groups is 1. The van der Waals surface area contributed by atoms with Gasteiger partial charge in [0.25, 0.3) is 0 Å². The maximum Gasteiger partial charge on any atom is 0.156 e. The zero-order chi connectivity index (χ0) is 13.1. The number of thiazole rings is 1. The van der Waals surface area contributed by atoms with Crippen molar-refractivity contribution in [3.8, 4) is 0 Å². The fraction of sp³-hybridized carbons (Fsp3) is 0.364. The Bertz CT molecular complexity index is 538. The molecule has 0 spiro atoms. The average Bonchev–Trinajstić information content (AvgIpc) is 2.74. The molecule has 18 heavy (non-hydrogen) atoms. The Morgan fingerprint density at radius 2 is 2.17 bits per heavy atom. The topological polar surface area (TPSA) is 76.7 Å². The Kier molecular flexibility index (Phi) is 4.15. The van der Waals surface area contributed by atoms with Gasteiger partial charge in [0, 0.05) is 16.6 Å². The lowest BCUT2D eigenvalue weighted by Gasteiger charge is -2.13. The molecule has 96 valence electrons. The fourth-order valence-corrected chi connectivity index (χ4v) is 3.55. The second-order valence-corrected chi connectivity index (χ2v) is 6.19. The molecular formula is C11H15N5S2. The van der Waals surface area contributed by atoms with Gasteiger partial charge in [-0.3, -0.25) is 0 Å². The SMILES string of the molecule is Cc1csc(Sc2ncnc(NN)c2C(C)C)n1. The first-order valence-corrected chi connectivity index (χ1v) is 7.23. The van der Waals surface area contributed by atoms with E-state index in [4.69, 9.17) is 5.84 Å². The Balaban J connectivity index is 2.37. The summed E-state index contributed by atoms with van der Waals surface area (Å²) in [5.74, 6) is 6.46. The van der Waals surface area contributed by atoms with Crippen LogP contribution in [0.3, 0.4) is 0 Å². The highest BCUT2D eigenvalue weighted by Gasteiger charge is 2.16. The molecule has 0 aliphatic heterocycles. The van der Waals surface area contributed by atoms with Crippen LogP contribution in [0.2, 0.25) is 0 Å².